The van der Waals surface area contributed by atoms with Crippen molar-refractivity contribution in [1.29, 1.82) is 0 Å². The Morgan fingerprint density at radius 1 is 1.27 bits per heavy atom. The van der Waals surface area contributed by atoms with Crippen molar-refractivity contribution in [2.45, 2.75) is 6.92 Å². The molecular formula is C12H12N2O. The van der Waals surface area contributed by atoms with Crippen molar-refractivity contribution in [3.63, 3.8) is 0 Å². The lowest BCUT2D eigenvalue weighted by molar-refractivity contribution is 0.626. The number of aliphatic imine (C=N–C) groups is 2. The van der Waals surface area contributed by atoms with Crippen LogP contribution in [0.15, 0.2) is 38.7 Å². The third-order valence-electron chi connectivity index (χ3n) is 2.12. The van der Waals surface area contributed by atoms with Gasteiger partial charge in [0.2, 0.25) is 5.88 Å². The van der Waals surface area contributed by atoms with E-state index >= 15 is 0 Å². The van der Waals surface area contributed by atoms with Gasteiger partial charge in [0.1, 0.15) is 5.58 Å². The van der Waals surface area contributed by atoms with Crippen LogP contribution >= 0.6 is 0 Å². The largest absolute Gasteiger partial charge is 0.438 e. The molecule has 0 aliphatic carbocycles. The van der Waals surface area contributed by atoms with Gasteiger partial charge in [-0.2, -0.15) is 0 Å². The van der Waals surface area contributed by atoms with Crippen molar-refractivity contribution < 1.29 is 4.42 Å². The van der Waals surface area contributed by atoms with Crippen LogP contribution in [0.3, 0.4) is 0 Å². The summed E-state index contributed by atoms with van der Waals surface area (Å²) in [6, 6.07) is 7.85. The highest BCUT2D eigenvalue weighted by atomic mass is 16.3. The van der Waals surface area contributed by atoms with Crippen molar-refractivity contribution in [1.82, 2.24) is 0 Å². The highest BCUT2D eigenvalue weighted by molar-refractivity contribution is 6.02. The number of benzene rings is 1. The second-order valence-electron chi connectivity index (χ2n) is 3.09. The van der Waals surface area contributed by atoms with Crippen molar-refractivity contribution in [2.24, 2.45) is 9.98 Å². The summed E-state index contributed by atoms with van der Waals surface area (Å²) in [5.74, 6) is 0.615. The molecule has 0 bridgehead atoms. The van der Waals surface area contributed by atoms with E-state index in [9.17, 15) is 0 Å². The van der Waals surface area contributed by atoms with Gasteiger partial charge >= 0.3 is 0 Å². The molecule has 2 rings (SSSR count). The summed E-state index contributed by atoms with van der Waals surface area (Å²) in [6.45, 7) is 1.86. The second kappa shape index (κ2) is 4.09. The third-order valence-corrected chi connectivity index (χ3v) is 2.12. The molecule has 15 heavy (non-hydrogen) atoms. The summed E-state index contributed by atoms with van der Waals surface area (Å²) in [4.78, 5) is 8.19. The molecule has 1 aromatic heterocycles. The van der Waals surface area contributed by atoms with Gasteiger partial charge in [0.05, 0.1) is 5.56 Å². The van der Waals surface area contributed by atoms with E-state index in [1.54, 1.807) is 19.5 Å². The molecule has 0 aliphatic heterocycles. The molecule has 0 saturated heterocycles. The predicted octanol–water partition coefficient (Wildman–Crippen LogP) is 3.20. The van der Waals surface area contributed by atoms with Crippen LogP contribution in [0.25, 0.3) is 11.0 Å². The average molecular weight is 200 g/mol. The zero-order valence-corrected chi connectivity index (χ0v) is 8.77. The first-order valence-electron chi connectivity index (χ1n) is 4.79. The molecule has 0 fully saturated rings. The minimum Gasteiger partial charge on any atom is -0.438 e. The summed E-state index contributed by atoms with van der Waals surface area (Å²) in [7, 11) is 1.74. The lowest BCUT2D eigenvalue weighted by Gasteiger charge is -1.88. The Kier molecular flexibility index (Phi) is 2.63. The average Bonchev–Trinajstić information content (AvgIpc) is 2.59. The molecule has 3 nitrogen and oxygen atoms in total. The minimum absolute atomic E-state index is 0.615. The van der Waals surface area contributed by atoms with Crippen LogP contribution in [0, 0.1) is 0 Å². The predicted molar refractivity (Wildman–Crippen MR) is 63.6 cm³/mol. The Morgan fingerprint density at radius 2 is 2.07 bits per heavy atom. The molecule has 3 heteroatoms. The lowest BCUT2D eigenvalue weighted by Crippen LogP contribution is -1.78. The van der Waals surface area contributed by atoms with Crippen molar-refractivity contribution in [2.75, 3.05) is 7.05 Å². The van der Waals surface area contributed by atoms with E-state index in [-0.39, 0.29) is 0 Å². The number of hydrogen-bond acceptors (Lipinski definition) is 3. The molecule has 0 atom stereocenters. The third kappa shape index (κ3) is 1.68. The zero-order chi connectivity index (χ0) is 10.7. The van der Waals surface area contributed by atoms with Crippen LogP contribution in [-0.2, 0) is 0 Å². The van der Waals surface area contributed by atoms with Gasteiger partial charge in [-0.1, -0.05) is 18.2 Å². The van der Waals surface area contributed by atoms with Gasteiger partial charge in [0, 0.05) is 24.9 Å². The molecule has 0 spiro atoms. The van der Waals surface area contributed by atoms with Crippen LogP contribution in [0.1, 0.15) is 12.5 Å². The number of rotatable bonds is 2. The number of nitrogens with zero attached hydrogens (tertiary/aromatic N) is 2. The minimum atomic E-state index is 0.615. The number of para-hydroxylation sites is 1. The van der Waals surface area contributed by atoms with E-state index in [0.29, 0.717) is 5.88 Å². The topological polar surface area (TPSA) is 37.9 Å². The molecule has 0 amide bonds. The van der Waals surface area contributed by atoms with Gasteiger partial charge in [-0.3, -0.25) is 4.99 Å². The SMILES string of the molecule is CC=Nc1oc2ccccc2c1C=NC. The molecule has 0 N–H and O–H groups in total. The zero-order valence-electron chi connectivity index (χ0n) is 8.77. The molecule has 1 aromatic carbocycles. The van der Waals surface area contributed by atoms with E-state index in [4.69, 9.17) is 4.42 Å². The molecular weight excluding hydrogens is 188 g/mol. The highest BCUT2D eigenvalue weighted by Crippen LogP contribution is 2.30. The van der Waals surface area contributed by atoms with Crippen LogP contribution < -0.4 is 0 Å². The fourth-order valence-corrected chi connectivity index (χ4v) is 1.52. The van der Waals surface area contributed by atoms with Crippen molar-refractivity contribution >= 4 is 29.3 Å². The Balaban J connectivity index is 2.74. The fraction of sp³-hybridized carbons (Fsp3) is 0.167. The first-order chi connectivity index (χ1) is 7.36. The first kappa shape index (κ1) is 9.65. The maximum absolute atomic E-state index is 5.60. The summed E-state index contributed by atoms with van der Waals surface area (Å²) in [5.41, 5.74) is 1.78. The highest BCUT2D eigenvalue weighted by Gasteiger charge is 2.09. The summed E-state index contributed by atoms with van der Waals surface area (Å²) in [6.07, 6.45) is 3.48. The van der Waals surface area contributed by atoms with E-state index in [1.807, 2.05) is 31.2 Å². The van der Waals surface area contributed by atoms with Gasteiger partial charge < -0.3 is 4.42 Å². The standard InChI is InChI=1S/C12H12N2O/c1-3-14-12-10(8-13-2)9-6-4-5-7-11(9)15-12/h3-8H,1-2H3. The first-order valence-corrected chi connectivity index (χ1v) is 4.79. The Morgan fingerprint density at radius 3 is 2.80 bits per heavy atom. The quantitative estimate of drug-likeness (QED) is 0.686. The fourth-order valence-electron chi connectivity index (χ4n) is 1.52. The monoisotopic (exact) mass is 200 g/mol. The number of furan rings is 1. The summed E-state index contributed by atoms with van der Waals surface area (Å²) < 4.78 is 5.60. The molecule has 0 saturated carbocycles. The molecule has 0 radical (unpaired) electrons. The smallest absolute Gasteiger partial charge is 0.228 e. The lowest BCUT2D eigenvalue weighted by atomic mass is 10.2. The number of hydrogen-bond donors (Lipinski definition) is 0. The maximum Gasteiger partial charge on any atom is 0.228 e. The van der Waals surface area contributed by atoms with E-state index in [2.05, 4.69) is 9.98 Å². The Bertz CT molecular complexity index is 523. The van der Waals surface area contributed by atoms with E-state index < -0.39 is 0 Å². The van der Waals surface area contributed by atoms with Gasteiger partial charge in [-0.15, -0.1) is 0 Å². The molecule has 1 heterocycles. The molecule has 2 aromatic rings. The van der Waals surface area contributed by atoms with Gasteiger partial charge in [-0.05, 0) is 13.0 Å². The van der Waals surface area contributed by atoms with Crippen molar-refractivity contribution in [3.05, 3.63) is 29.8 Å². The molecule has 0 aliphatic rings. The Hall–Kier alpha value is -1.90. The van der Waals surface area contributed by atoms with E-state index in [0.717, 1.165) is 16.5 Å². The number of fused-ring (bicyclic) bond motifs is 1. The molecule has 76 valence electrons. The Labute approximate surface area is 88.2 Å². The normalized spacial score (nSPS) is 12.1. The van der Waals surface area contributed by atoms with Crippen molar-refractivity contribution in [3.8, 4) is 0 Å². The van der Waals surface area contributed by atoms with Crippen LogP contribution in [0.2, 0.25) is 0 Å². The second-order valence-corrected chi connectivity index (χ2v) is 3.09. The van der Waals surface area contributed by atoms with Gasteiger partial charge in [0.15, 0.2) is 0 Å². The van der Waals surface area contributed by atoms with Crippen LogP contribution in [0.5, 0.6) is 0 Å². The maximum atomic E-state index is 5.60. The summed E-state index contributed by atoms with van der Waals surface area (Å²) in [5, 5.41) is 1.05. The van der Waals surface area contributed by atoms with Crippen LogP contribution in [-0.4, -0.2) is 19.5 Å². The van der Waals surface area contributed by atoms with E-state index in [1.165, 1.54) is 0 Å². The molecule has 0 unspecified atom stereocenters. The van der Waals surface area contributed by atoms with Crippen LogP contribution in [0.4, 0.5) is 5.88 Å². The summed E-state index contributed by atoms with van der Waals surface area (Å²) >= 11 is 0. The van der Waals surface area contributed by atoms with Gasteiger partial charge in [0.25, 0.3) is 0 Å². The van der Waals surface area contributed by atoms with Gasteiger partial charge in [-0.25, -0.2) is 4.99 Å².